The predicted octanol–water partition coefficient (Wildman–Crippen LogP) is 3.22. The van der Waals surface area contributed by atoms with Crippen LogP contribution in [0.2, 0.25) is 0 Å². The van der Waals surface area contributed by atoms with Crippen molar-refractivity contribution < 1.29 is 8.42 Å². The molecule has 5 heteroatoms. The molecular formula is C14H18BrNO2S. The van der Waals surface area contributed by atoms with E-state index in [1.807, 2.05) is 19.1 Å². The van der Waals surface area contributed by atoms with Crippen LogP contribution >= 0.6 is 15.9 Å². The average Bonchev–Trinajstić information content (AvgIpc) is 3.22. The molecule has 0 bridgehead atoms. The second-order valence-electron chi connectivity index (χ2n) is 5.73. The number of aryl methyl sites for hydroxylation is 1. The molecular weight excluding hydrogens is 326 g/mol. The van der Waals surface area contributed by atoms with Gasteiger partial charge < -0.3 is 0 Å². The quantitative estimate of drug-likeness (QED) is 0.891. The Labute approximate surface area is 123 Å². The topological polar surface area (TPSA) is 46.2 Å². The van der Waals surface area contributed by atoms with Gasteiger partial charge in [-0.05, 0) is 62.1 Å². The van der Waals surface area contributed by atoms with E-state index in [4.69, 9.17) is 0 Å². The molecule has 0 spiro atoms. The molecule has 3 nitrogen and oxygen atoms in total. The monoisotopic (exact) mass is 343 g/mol. The molecule has 2 aliphatic rings. The number of hydrogen-bond donors (Lipinski definition) is 1. The molecule has 1 aromatic rings. The molecule has 19 heavy (non-hydrogen) atoms. The molecule has 0 saturated heterocycles. The van der Waals surface area contributed by atoms with Crippen molar-refractivity contribution in [2.24, 2.45) is 11.8 Å². The van der Waals surface area contributed by atoms with Crippen LogP contribution in [0.15, 0.2) is 27.6 Å². The van der Waals surface area contributed by atoms with E-state index in [-0.39, 0.29) is 6.04 Å². The lowest BCUT2D eigenvalue weighted by Gasteiger charge is -2.18. The van der Waals surface area contributed by atoms with Crippen LogP contribution in [0.4, 0.5) is 0 Å². The Hall–Kier alpha value is -0.390. The lowest BCUT2D eigenvalue weighted by molar-refractivity contribution is 0.471. The van der Waals surface area contributed by atoms with Gasteiger partial charge in [0.25, 0.3) is 0 Å². The van der Waals surface area contributed by atoms with Gasteiger partial charge >= 0.3 is 0 Å². The molecule has 2 fully saturated rings. The SMILES string of the molecule is Cc1ccc(Br)cc1S(=O)(=O)NC(C1CC1)C1CC1. The van der Waals surface area contributed by atoms with Crippen LogP contribution in [-0.4, -0.2) is 14.5 Å². The summed E-state index contributed by atoms with van der Waals surface area (Å²) in [4.78, 5) is 0.396. The highest BCUT2D eigenvalue weighted by Crippen LogP contribution is 2.45. The fourth-order valence-corrected chi connectivity index (χ4v) is 4.75. The van der Waals surface area contributed by atoms with Gasteiger partial charge in [0.1, 0.15) is 0 Å². The smallest absolute Gasteiger partial charge is 0.208 e. The average molecular weight is 344 g/mol. The first-order valence-electron chi connectivity index (χ1n) is 6.76. The largest absolute Gasteiger partial charge is 0.241 e. The third kappa shape index (κ3) is 3.03. The van der Waals surface area contributed by atoms with Crippen LogP contribution < -0.4 is 4.72 Å². The molecule has 1 aromatic carbocycles. The summed E-state index contributed by atoms with van der Waals surface area (Å²) in [6.45, 7) is 1.84. The highest BCUT2D eigenvalue weighted by molar-refractivity contribution is 9.10. The van der Waals surface area contributed by atoms with Gasteiger partial charge in [-0.2, -0.15) is 0 Å². The first kappa shape index (κ1) is 13.6. The lowest BCUT2D eigenvalue weighted by Crippen LogP contribution is -2.38. The van der Waals surface area contributed by atoms with Crippen LogP contribution in [0.25, 0.3) is 0 Å². The van der Waals surface area contributed by atoms with Crippen molar-refractivity contribution >= 4 is 26.0 Å². The highest BCUT2D eigenvalue weighted by Gasteiger charge is 2.43. The summed E-state index contributed by atoms with van der Waals surface area (Å²) < 4.78 is 28.8. The number of halogens is 1. The van der Waals surface area contributed by atoms with E-state index in [1.165, 1.54) is 25.7 Å². The van der Waals surface area contributed by atoms with Crippen molar-refractivity contribution in [3.8, 4) is 0 Å². The minimum atomic E-state index is -3.40. The number of hydrogen-bond acceptors (Lipinski definition) is 2. The van der Waals surface area contributed by atoms with Gasteiger partial charge in [-0.15, -0.1) is 0 Å². The predicted molar refractivity (Wildman–Crippen MR) is 78.4 cm³/mol. The Kier molecular flexibility index (Phi) is 3.48. The summed E-state index contributed by atoms with van der Waals surface area (Å²) in [6.07, 6.45) is 4.67. The molecule has 104 valence electrons. The molecule has 1 N–H and O–H groups in total. The number of nitrogens with one attached hydrogen (secondary N) is 1. The van der Waals surface area contributed by atoms with Gasteiger partial charge in [-0.3, -0.25) is 0 Å². The molecule has 0 amide bonds. The van der Waals surface area contributed by atoms with E-state index in [2.05, 4.69) is 20.7 Å². The molecule has 2 saturated carbocycles. The normalized spacial score (nSPS) is 19.9. The van der Waals surface area contributed by atoms with Crippen molar-refractivity contribution in [1.82, 2.24) is 4.72 Å². The summed E-state index contributed by atoms with van der Waals surface area (Å²) in [5.41, 5.74) is 0.793. The highest BCUT2D eigenvalue weighted by atomic mass is 79.9. The molecule has 0 aromatic heterocycles. The maximum atomic E-state index is 12.5. The lowest BCUT2D eigenvalue weighted by atomic mass is 10.1. The number of sulfonamides is 1. The Morgan fingerprint density at radius 1 is 1.21 bits per heavy atom. The zero-order valence-corrected chi connectivity index (χ0v) is 13.3. The fourth-order valence-electron chi connectivity index (χ4n) is 2.59. The third-order valence-electron chi connectivity index (χ3n) is 3.99. The van der Waals surface area contributed by atoms with E-state index in [0.29, 0.717) is 16.7 Å². The third-order valence-corrected chi connectivity index (χ3v) is 6.09. The number of rotatable bonds is 5. The molecule has 0 radical (unpaired) electrons. The van der Waals surface area contributed by atoms with E-state index in [1.54, 1.807) is 6.07 Å². The molecule has 3 rings (SSSR count). The van der Waals surface area contributed by atoms with Gasteiger partial charge in [0.2, 0.25) is 10.0 Å². The van der Waals surface area contributed by atoms with Crippen LogP contribution in [-0.2, 0) is 10.0 Å². The van der Waals surface area contributed by atoms with Crippen LogP contribution in [0.3, 0.4) is 0 Å². The zero-order valence-electron chi connectivity index (χ0n) is 10.9. The van der Waals surface area contributed by atoms with Gasteiger partial charge in [0.05, 0.1) is 4.90 Å². The van der Waals surface area contributed by atoms with Crippen LogP contribution in [0.1, 0.15) is 31.2 Å². The minimum Gasteiger partial charge on any atom is -0.208 e. The van der Waals surface area contributed by atoms with E-state index in [9.17, 15) is 8.42 Å². The summed E-state index contributed by atoms with van der Waals surface area (Å²) >= 11 is 3.35. The van der Waals surface area contributed by atoms with Crippen molar-refractivity contribution in [1.29, 1.82) is 0 Å². The van der Waals surface area contributed by atoms with Crippen LogP contribution in [0, 0.1) is 18.8 Å². The number of benzene rings is 1. The first-order valence-corrected chi connectivity index (χ1v) is 9.03. The second kappa shape index (κ2) is 4.86. The Morgan fingerprint density at radius 2 is 1.79 bits per heavy atom. The summed E-state index contributed by atoms with van der Waals surface area (Å²) in [5, 5.41) is 0. The van der Waals surface area contributed by atoms with Crippen molar-refractivity contribution in [3.05, 3.63) is 28.2 Å². The summed E-state index contributed by atoms with van der Waals surface area (Å²) in [7, 11) is -3.40. The second-order valence-corrected chi connectivity index (χ2v) is 8.33. The van der Waals surface area contributed by atoms with Crippen molar-refractivity contribution in [3.63, 3.8) is 0 Å². The van der Waals surface area contributed by atoms with E-state index in [0.717, 1.165) is 10.0 Å². The molecule has 0 heterocycles. The first-order chi connectivity index (χ1) is 8.97. The van der Waals surface area contributed by atoms with Gasteiger partial charge in [0, 0.05) is 10.5 Å². The van der Waals surface area contributed by atoms with Gasteiger partial charge in [0.15, 0.2) is 0 Å². The van der Waals surface area contributed by atoms with Crippen LogP contribution in [0.5, 0.6) is 0 Å². The standard InChI is InChI=1S/C14H18BrNO2S/c1-9-2-7-12(15)8-13(9)19(17,18)16-14(10-3-4-10)11-5-6-11/h2,7-8,10-11,14,16H,3-6H2,1H3. The minimum absolute atomic E-state index is 0.156. The van der Waals surface area contributed by atoms with Gasteiger partial charge in [-0.25, -0.2) is 13.1 Å². The van der Waals surface area contributed by atoms with Crippen molar-refractivity contribution in [2.75, 3.05) is 0 Å². The molecule has 0 unspecified atom stereocenters. The maximum Gasteiger partial charge on any atom is 0.241 e. The Balaban J connectivity index is 1.87. The zero-order chi connectivity index (χ0) is 13.6. The van der Waals surface area contributed by atoms with E-state index < -0.39 is 10.0 Å². The van der Waals surface area contributed by atoms with E-state index >= 15 is 0 Å². The Morgan fingerprint density at radius 3 is 2.32 bits per heavy atom. The Bertz CT molecular complexity index is 579. The van der Waals surface area contributed by atoms with Gasteiger partial charge in [-0.1, -0.05) is 22.0 Å². The molecule has 0 aliphatic heterocycles. The summed E-state index contributed by atoms with van der Waals surface area (Å²) in [6, 6.07) is 5.55. The molecule has 2 aliphatic carbocycles. The summed E-state index contributed by atoms with van der Waals surface area (Å²) in [5.74, 6) is 1.13. The maximum absolute atomic E-state index is 12.5. The fraction of sp³-hybridized carbons (Fsp3) is 0.571. The molecule has 0 atom stereocenters. The van der Waals surface area contributed by atoms with Crippen molar-refractivity contribution in [2.45, 2.75) is 43.5 Å².